The minimum atomic E-state index is -0.163. The van der Waals surface area contributed by atoms with Crippen LogP contribution in [0.2, 0.25) is 0 Å². The highest BCUT2D eigenvalue weighted by atomic mass is 19.1. The van der Waals surface area contributed by atoms with Gasteiger partial charge in [-0.3, -0.25) is 4.90 Å². The average molecular weight is 448 g/mol. The zero-order valence-electron chi connectivity index (χ0n) is 19.1. The second-order valence-corrected chi connectivity index (χ2v) is 8.57. The molecule has 0 aliphatic carbocycles. The number of ether oxygens (including phenoxy) is 1. The summed E-state index contributed by atoms with van der Waals surface area (Å²) in [6.07, 6.45) is 2.90. The van der Waals surface area contributed by atoms with Gasteiger partial charge in [0.25, 0.3) is 0 Å². The molecule has 0 spiro atoms. The van der Waals surface area contributed by atoms with Gasteiger partial charge in [0.05, 0.1) is 18.0 Å². The maximum Gasteiger partial charge on any atom is 0.225 e. The van der Waals surface area contributed by atoms with Crippen molar-refractivity contribution < 1.29 is 9.13 Å². The van der Waals surface area contributed by atoms with Crippen LogP contribution in [0, 0.1) is 5.82 Å². The number of rotatable bonds is 6. The first-order valence-electron chi connectivity index (χ1n) is 11.7. The summed E-state index contributed by atoms with van der Waals surface area (Å²) in [5, 5.41) is 0. The molecule has 3 aromatic rings. The Labute approximate surface area is 194 Å². The lowest BCUT2D eigenvalue weighted by Gasteiger charge is -2.36. The first-order valence-corrected chi connectivity index (χ1v) is 11.7. The normalized spacial score (nSPS) is 16.5. The topological polar surface area (TPSA) is 44.7 Å². The molecule has 2 aromatic carbocycles. The smallest absolute Gasteiger partial charge is 0.225 e. The lowest BCUT2D eigenvalue weighted by Crippen LogP contribution is -2.47. The number of hydrogen-bond acceptors (Lipinski definition) is 6. The largest absolute Gasteiger partial charge is 0.494 e. The van der Waals surface area contributed by atoms with Crippen molar-refractivity contribution in [2.24, 2.45) is 0 Å². The van der Waals surface area contributed by atoms with E-state index >= 15 is 0 Å². The summed E-state index contributed by atoms with van der Waals surface area (Å²) >= 11 is 0. The fraction of sp³-hybridized carbons (Fsp3) is 0.385. The minimum Gasteiger partial charge on any atom is -0.494 e. The van der Waals surface area contributed by atoms with Gasteiger partial charge in [-0.25, -0.2) is 14.4 Å². The standard InChI is InChI=1S/C26H30FN5O/c1-2-33-25-10-6-3-7-20(25)18-30-12-11-23-21(19-30)17-28-26(29-23)32-15-13-31(14-16-32)24-9-5-4-8-22(24)27/h3-10,17H,2,11-16,18-19H2,1H3. The molecule has 1 aromatic heterocycles. The van der Waals surface area contributed by atoms with Crippen LogP contribution in [0.5, 0.6) is 5.75 Å². The van der Waals surface area contributed by atoms with Crippen LogP contribution in [0.1, 0.15) is 23.7 Å². The van der Waals surface area contributed by atoms with Crippen molar-refractivity contribution in [2.45, 2.75) is 26.4 Å². The van der Waals surface area contributed by atoms with Gasteiger partial charge in [-0.2, -0.15) is 0 Å². The van der Waals surface area contributed by atoms with Gasteiger partial charge in [0.15, 0.2) is 0 Å². The monoisotopic (exact) mass is 447 g/mol. The molecule has 0 unspecified atom stereocenters. The van der Waals surface area contributed by atoms with Crippen LogP contribution in [0.15, 0.2) is 54.7 Å². The summed E-state index contributed by atoms with van der Waals surface area (Å²) < 4.78 is 19.9. The highest BCUT2D eigenvalue weighted by Gasteiger charge is 2.24. The number of benzene rings is 2. The van der Waals surface area contributed by atoms with E-state index in [1.165, 1.54) is 17.2 Å². The van der Waals surface area contributed by atoms with E-state index in [9.17, 15) is 4.39 Å². The Morgan fingerprint density at radius 3 is 2.52 bits per heavy atom. The lowest BCUT2D eigenvalue weighted by molar-refractivity contribution is 0.237. The van der Waals surface area contributed by atoms with E-state index in [0.29, 0.717) is 12.3 Å². The van der Waals surface area contributed by atoms with Gasteiger partial charge in [0.1, 0.15) is 11.6 Å². The van der Waals surface area contributed by atoms with Gasteiger partial charge < -0.3 is 14.5 Å². The molecular weight excluding hydrogens is 417 g/mol. The molecule has 0 N–H and O–H groups in total. The van der Waals surface area contributed by atoms with Gasteiger partial charge in [-0.1, -0.05) is 30.3 Å². The summed E-state index contributed by atoms with van der Waals surface area (Å²) in [5.74, 6) is 1.59. The molecule has 172 valence electrons. The molecular formula is C26H30FN5O. The molecule has 7 heteroatoms. The first kappa shape index (κ1) is 21.6. The van der Waals surface area contributed by atoms with E-state index in [1.807, 2.05) is 37.4 Å². The Kier molecular flexibility index (Phi) is 6.39. The van der Waals surface area contributed by atoms with Crippen molar-refractivity contribution in [3.63, 3.8) is 0 Å². The van der Waals surface area contributed by atoms with E-state index in [0.717, 1.165) is 69.6 Å². The van der Waals surface area contributed by atoms with Crippen molar-refractivity contribution in [3.05, 3.63) is 77.4 Å². The van der Waals surface area contributed by atoms with Gasteiger partial charge in [-0.05, 0) is 25.1 Å². The number of anilines is 2. The quantitative estimate of drug-likeness (QED) is 0.571. The van der Waals surface area contributed by atoms with Gasteiger partial charge in [0, 0.05) is 69.6 Å². The van der Waals surface area contributed by atoms with Crippen LogP contribution in [0.4, 0.5) is 16.0 Å². The zero-order valence-corrected chi connectivity index (χ0v) is 19.1. The summed E-state index contributed by atoms with van der Waals surface area (Å²) in [4.78, 5) is 16.3. The Morgan fingerprint density at radius 2 is 1.70 bits per heavy atom. The van der Waals surface area contributed by atoms with Crippen LogP contribution in [0.25, 0.3) is 0 Å². The number of piperazine rings is 1. The van der Waals surface area contributed by atoms with Gasteiger partial charge in [0.2, 0.25) is 5.95 Å². The van der Waals surface area contributed by atoms with Crippen LogP contribution >= 0.6 is 0 Å². The third kappa shape index (κ3) is 4.78. The summed E-state index contributed by atoms with van der Waals surface area (Å²) in [5.41, 5.74) is 4.23. The fourth-order valence-electron chi connectivity index (χ4n) is 4.68. The Morgan fingerprint density at radius 1 is 0.939 bits per heavy atom. The molecule has 2 aliphatic rings. The molecule has 0 saturated carbocycles. The molecule has 0 radical (unpaired) electrons. The van der Waals surface area contributed by atoms with Crippen molar-refractivity contribution in [1.29, 1.82) is 0 Å². The van der Waals surface area contributed by atoms with Crippen molar-refractivity contribution in [2.75, 3.05) is 49.1 Å². The number of halogens is 1. The lowest BCUT2D eigenvalue weighted by atomic mass is 10.1. The summed E-state index contributed by atoms with van der Waals surface area (Å²) in [6.45, 7) is 8.44. The fourth-order valence-corrected chi connectivity index (χ4v) is 4.68. The van der Waals surface area contributed by atoms with E-state index < -0.39 is 0 Å². The highest BCUT2D eigenvalue weighted by Crippen LogP contribution is 2.26. The van der Waals surface area contributed by atoms with Crippen LogP contribution in [-0.4, -0.2) is 54.2 Å². The molecule has 33 heavy (non-hydrogen) atoms. The molecule has 5 rings (SSSR count). The molecule has 1 fully saturated rings. The van der Waals surface area contributed by atoms with E-state index in [4.69, 9.17) is 14.7 Å². The third-order valence-electron chi connectivity index (χ3n) is 6.42. The predicted octanol–water partition coefficient (Wildman–Crippen LogP) is 3.90. The van der Waals surface area contributed by atoms with E-state index in [-0.39, 0.29) is 5.82 Å². The number of para-hydroxylation sites is 2. The second-order valence-electron chi connectivity index (χ2n) is 8.57. The number of aromatic nitrogens is 2. The zero-order chi connectivity index (χ0) is 22.6. The molecule has 1 saturated heterocycles. The molecule has 3 heterocycles. The van der Waals surface area contributed by atoms with Gasteiger partial charge in [-0.15, -0.1) is 0 Å². The number of hydrogen-bond donors (Lipinski definition) is 0. The van der Waals surface area contributed by atoms with Gasteiger partial charge >= 0.3 is 0 Å². The van der Waals surface area contributed by atoms with Crippen molar-refractivity contribution >= 4 is 11.6 Å². The van der Waals surface area contributed by atoms with Crippen molar-refractivity contribution in [1.82, 2.24) is 14.9 Å². The number of fused-ring (bicyclic) bond motifs is 1. The Balaban J connectivity index is 1.22. The second kappa shape index (κ2) is 9.75. The average Bonchev–Trinajstić information content (AvgIpc) is 2.85. The third-order valence-corrected chi connectivity index (χ3v) is 6.42. The molecule has 0 amide bonds. The highest BCUT2D eigenvalue weighted by molar-refractivity contribution is 5.49. The Bertz CT molecular complexity index is 1100. The molecule has 0 atom stereocenters. The first-order chi connectivity index (χ1) is 16.2. The van der Waals surface area contributed by atoms with Crippen LogP contribution < -0.4 is 14.5 Å². The van der Waals surface area contributed by atoms with Crippen molar-refractivity contribution in [3.8, 4) is 5.75 Å². The maximum absolute atomic E-state index is 14.1. The minimum absolute atomic E-state index is 0.163. The molecule has 2 aliphatic heterocycles. The molecule has 6 nitrogen and oxygen atoms in total. The SMILES string of the molecule is CCOc1ccccc1CN1CCc2nc(N3CCN(c4ccccc4F)CC3)ncc2C1. The Hall–Kier alpha value is -3.19. The predicted molar refractivity (Wildman–Crippen MR) is 128 cm³/mol. The summed E-state index contributed by atoms with van der Waals surface area (Å²) in [7, 11) is 0. The molecule has 0 bridgehead atoms. The van der Waals surface area contributed by atoms with Crippen LogP contribution in [-0.2, 0) is 19.5 Å². The van der Waals surface area contributed by atoms with Crippen LogP contribution in [0.3, 0.4) is 0 Å². The van der Waals surface area contributed by atoms with E-state index in [2.05, 4.69) is 26.8 Å². The van der Waals surface area contributed by atoms with E-state index in [1.54, 1.807) is 6.07 Å². The maximum atomic E-state index is 14.1. The summed E-state index contributed by atoms with van der Waals surface area (Å²) in [6, 6.07) is 15.2. The number of nitrogens with zero attached hydrogens (tertiary/aromatic N) is 5.